The molecular formula is C22H25F3N2O2. The van der Waals surface area contributed by atoms with E-state index in [0.717, 1.165) is 43.4 Å². The second-order valence-corrected chi connectivity index (χ2v) is 7.40. The fourth-order valence-electron chi connectivity index (χ4n) is 3.44. The third-order valence-electron chi connectivity index (χ3n) is 5.15. The minimum Gasteiger partial charge on any atom is -0.374 e. The van der Waals surface area contributed by atoms with Crippen LogP contribution in [0.2, 0.25) is 0 Å². The predicted molar refractivity (Wildman–Crippen MR) is 106 cm³/mol. The van der Waals surface area contributed by atoms with Gasteiger partial charge in [0, 0.05) is 11.7 Å². The molecule has 2 aromatic rings. The number of benzene rings is 2. The summed E-state index contributed by atoms with van der Waals surface area (Å²) in [4.78, 5) is 12.3. The van der Waals surface area contributed by atoms with E-state index in [1.54, 1.807) is 6.92 Å². The molecule has 3 rings (SSSR count). The van der Waals surface area contributed by atoms with E-state index < -0.39 is 17.8 Å². The molecule has 1 aliphatic rings. The van der Waals surface area contributed by atoms with E-state index in [9.17, 15) is 18.0 Å². The molecule has 156 valence electrons. The molecule has 0 unspecified atom stereocenters. The molecule has 0 aromatic heterocycles. The van der Waals surface area contributed by atoms with Crippen molar-refractivity contribution in [3.05, 3.63) is 65.2 Å². The van der Waals surface area contributed by atoms with Gasteiger partial charge in [0.15, 0.2) is 0 Å². The largest absolute Gasteiger partial charge is 0.416 e. The topological polar surface area (TPSA) is 50.4 Å². The van der Waals surface area contributed by atoms with Gasteiger partial charge in [-0.25, -0.2) is 4.79 Å². The first-order chi connectivity index (χ1) is 13.8. The summed E-state index contributed by atoms with van der Waals surface area (Å²) in [6.45, 7) is 2.23. The lowest BCUT2D eigenvalue weighted by Gasteiger charge is -2.29. The van der Waals surface area contributed by atoms with Gasteiger partial charge in [0.05, 0.1) is 18.3 Å². The summed E-state index contributed by atoms with van der Waals surface area (Å²) in [5.41, 5.74) is 1.08. The van der Waals surface area contributed by atoms with Gasteiger partial charge >= 0.3 is 12.2 Å². The molecule has 29 heavy (non-hydrogen) atoms. The SMILES string of the molecule is Cc1ccc(C(F)(F)F)cc1NC(=O)NC1CCC(OCc2ccccc2)CC1. The first-order valence-corrected chi connectivity index (χ1v) is 9.72. The second-order valence-electron chi connectivity index (χ2n) is 7.40. The Hall–Kier alpha value is -2.54. The fraction of sp³-hybridized carbons (Fsp3) is 0.409. The number of ether oxygens (including phenoxy) is 1. The fourth-order valence-corrected chi connectivity index (χ4v) is 3.44. The molecule has 0 bridgehead atoms. The van der Waals surface area contributed by atoms with Crippen LogP contribution < -0.4 is 10.6 Å². The number of hydrogen-bond acceptors (Lipinski definition) is 2. The van der Waals surface area contributed by atoms with Gasteiger partial charge in [-0.05, 0) is 55.9 Å². The van der Waals surface area contributed by atoms with E-state index in [1.807, 2.05) is 30.3 Å². The van der Waals surface area contributed by atoms with E-state index in [1.165, 1.54) is 6.07 Å². The van der Waals surface area contributed by atoms with Gasteiger partial charge in [-0.2, -0.15) is 13.2 Å². The lowest BCUT2D eigenvalue weighted by atomic mass is 9.93. The van der Waals surface area contributed by atoms with Crippen LogP contribution in [0.25, 0.3) is 0 Å². The van der Waals surface area contributed by atoms with Crippen LogP contribution in [0, 0.1) is 6.92 Å². The summed E-state index contributed by atoms with van der Waals surface area (Å²) in [6.07, 6.45) is -1.08. The van der Waals surface area contributed by atoms with E-state index in [0.29, 0.717) is 12.2 Å². The smallest absolute Gasteiger partial charge is 0.374 e. The number of aryl methyl sites for hydroxylation is 1. The van der Waals surface area contributed by atoms with Crippen molar-refractivity contribution in [3.63, 3.8) is 0 Å². The molecule has 0 aliphatic heterocycles. The van der Waals surface area contributed by atoms with Crippen molar-refractivity contribution in [3.8, 4) is 0 Å². The quantitative estimate of drug-likeness (QED) is 0.673. The summed E-state index contributed by atoms with van der Waals surface area (Å²) < 4.78 is 44.6. The van der Waals surface area contributed by atoms with Crippen molar-refractivity contribution in [1.29, 1.82) is 0 Å². The molecule has 0 atom stereocenters. The molecule has 0 spiro atoms. The average Bonchev–Trinajstić information content (AvgIpc) is 2.69. The molecule has 4 nitrogen and oxygen atoms in total. The first-order valence-electron chi connectivity index (χ1n) is 9.72. The number of carbonyl (C=O) groups excluding carboxylic acids is 1. The lowest BCUT2D eigenvalue weighted by molar-refractivity contribution is -0.137. The monoisotopic (exact) mass is 406 g/mol. The maximum absolute atomic E-state index is 12.9. The zero-order valence-corrected chi connectivity index (χ0v) is 16.3. The van der Waals surface area contributed by atoms with Crippen LogP contribution in [0.1, 0.15) is 42.4 Å². The molecular weight excluding hydrogens is 381 g/mol. The van der Waals surface area contributed by atoms with Gasteiger partial charge < -0.3 is 15.4 Å². The van der Waals surface area contributed by atoms with Crippen LogP contribution in [0.15, 0.2) is 48.5 Å². The Morgan fingerprint density at radius 2 is 1.76 bits per heavy atom. The Kier molecular flexibility index (Phi) is 6.79. The highest BCUT2D eigenvalue weighted by molar-refractivity contribution is 5.90. The zero-order chi connectivity index (χ0) is 20.9. The van der Waals surface area contributed by atoms with Crippen molar-refractivity contribution >= 4 is 11.7 Å². The highest BCUT2D eigenvalue weighted by atomic mass is 19.4. The summed E-state index contributed by atoms with van der Waals surface area (Å²) in [6, 6.07) is 12.8. The Balaban J connectivity index is 1.45. The Bertz CT molecular complexity index is 817. The van der Waals surface area contributed by atoms with Gasteiger partial charge in [0.1, 0.15) is 0 Å². The molecule has 0 heterocycles. The van der Waals surface area contributed by atoms with Crippen LogP contribution in [0.5, 0.6) is 0 Å². The molecule has 0 radical (unpaired) electrons. The number of amides is 2. The van der Waals surface area contributed by atoms with E-state index in [-0.39, 0.29) is 17.8 Å². The van der Waals surface area contributed by atoms with Crippen molar-refractivity contribution in [1.82, 2.24) is 5.32 Å². The molecule has 1 fully saturated rings. The number of anilines is 1. The second kappa shape index (κ2) is 9.31. The number of nitrogens with one attached hydrogen (secondary N) is 2. The standard InChI is InChI=1S/C22H25F3N2O2/c1-15-7-8-17(22(23,24)25)13-20(15)27-21(28)26-18-9-11-19(12-10-18)29-14-16-5-3-2-4-6-16/h2-8,13,18-19H,9-12,14H2,1H3,(H2,26,27,28). The Labute approximate surface area is 168 Å². The van der Waals surface area contributed by atoms with Crippen LogP contribution in [-0.4, -0.2) is 18.2 Å². The summed E-state index contributed by atoms with van der Waals surface area (Å²) in [5.74, 6) is 0. The summed E-state index contributed by atoms with van der Waals surface area (Å²) in [5, 5.41) is 5.41. The Morgan fingerprint density at radius 1 is 1.07 bits per heavy atom. The first kappa shape index (κ1) is 21.2. The predicted octanol–water partition coefficient (Wildman–Crippen LogP) is 5.66. The molecule has 2 amide bonds. The lowest BCUT2D eigenvalue weighted by Crippen LogP contribution is -2.41. The minimum absolute atomic E-state index is 0.0160. The molecule has 7 heteroatoms. The van der Waals surface area contributed by atoms with Gasteiger partial charge in [-0.15, -0.1) is 0 Å². The molecule has 2 aromatic carbocycles. The van der Waals surface area contributed by atoms with Crippen molar-refractivity contribution in [2.45, 2.75) is 57.5 Å². The minimum atomic E-state index is -4.45. The van der Waals surface area contributed by atoms with Crippen molar-refractivity contribution in [2.75, 3.05) is 5.32 Å². The van der Waals surface area contributed by atoms with E-state index in [4.69, 9.17) is 4.74 Å². The van der Waals surface area contributed by atoms with Crippen LogP contribution in [-0.2, 0) is 17.5 Å². The third kappa shape index (κ3) is 6.22. The van der Waals surface area contributed by atoms with Crippen LogP contribution >= 0.6 is 0 Å². The van der Waals surface area contributed by atoms with E-state index in [2.05, 4.69) is 10.6 Å². The highest BCUT2D eigenvalue weighted by Crippen LogP contribution is 2.32. The zero-order valence-electron chi connectivity index (χ0n) is 16.3. The van der Waals surface area contributed by atoms with Crippen molar-refractivity contribution < 1.29 is 22.7 Å². The number of urea groups is 1. The van der Waals surface area contributed by atoms with Gasteiger partial charge in [0.25, 0.3) is 0 Å². The maximum atomic E-state index is 12.9. The molecule has 2 N–H and O–H groups in total. The maximum Gasteiger partial charge on any atom is 0.416 e. The highest BCUT2D eigenvalue weighted by Gasteiger charge is 2.31. The van der Waals surface area contributed by atoms with Gasteiger partial charge in [-0.1, -0.05) is 36.4 Å². The Morgan fingerprint density at radius 3 is 2.41 bits per heavy atom. The summed E-state index contributed by atoms with van der Waals surface area (Å²) >= 11 is 0. The third-order valence-corrected chi connectivity index (χ3v) is 5.15. The van der Waals surface area contributed by atoms with Crippen LogP contribution in [0.3, 0.4) is 0 Å². The number of rotatable bonds is 5. The number of carbonyl (C=O) groups is 1. The molecule has 0 saturated heterocycles. The van der Waals surface area contributed by atoms with Crippen molar-refractivity contribution in [2.24, 2.45) is 0 Å². The van der Waals surface area contributed by atoms with E-state index >= 15 is 0 Å². The molecule has 1 aliphatic carbocycles. The van der Waals surface area contributed by atoms with Gasteiger partial charge in [-0.3, -0.25) is 0 Å². The number of hydrogen-bond donors (Lipinski definition) is 2. The normalized spacial score (nSPS) is 19.6. The number of halogens is 3. The van der Waals surface area contributed by atoms with Gasteiger partial charge in [0.2, 0.25) is 0 Å². The summed E-state index contributed by atoms with van der Waals surface area (Å²) in [7, 11) is 0. The van der Waals surface area contributed by atoms with Crippen LogP contribution in [0.4, 0.5) is 23.7 Å². The number of alkyl halides is 3. The average molecular weight is 406 g/mol. The molecule has 1 saturated carbocycles.